The van der Waals surface area contributed by atoms with Crippen LogP contribution in [0.3, 0.4) is 0 Å². The van der Waals surface area contributed by atoms with Crippen LogP contribution >= 0.6 is 11.8 Å². The number of aliphatic hydroxyl groups excluding tert-OH is 2. The smallest absolute Gasteiger partial charge is 0.394 e. The van der Waals surface area contributed by atoms with Crippen molar-refractivity contribution in [1.82, 2.24) is 9.80 Å². The molecule has 2 aliphatic heterocycles. The maximum Gasteiger partial charge on any atom is 0.417 e. The molecule has 0 spiro atoms. The van der Waals surface area contributed by atoms with E-state index in [1.54, 1.807) is 0 Å². The van der Waals surface area contributed by atoms with E-state index in [1.807, 2.05) is 0 Å². The number of halogens is 6. The molecule has 2 amide bonds. The summed E-state index contributed by atoms with van der Waals surface area (Å²) >= 11 is 0.314. The van der Waals surface area contributed by atoms with Gasteiger partial charge in [0.1, 0.15) is 0 Å². The predicted octanol–water partition coefficient (Wildman–Crippen LogP) is 5.87. The van der Waals surface area contributed by atoms with Crippen LogP contribution in [0.5, 0.6) is 0 Å². The van der Waals surface area contributed by atoms with Crippen molar-refractivity contribution in [3.05, 3.63) is 70.8 Å². The molecule has 0 radical (unpaired) electrons. The fourth-order valence-corrected chi connectivity index (χ4v) is 6.28. The van der Waals surface area contributed by atoms with Gasteiger partial charge in [0.15, 0.2) is 0 Å². The molecule has 2 unspecified atom stereocenters. The third-order valence-electron chi connectivity index (χ3n) is 7.42. The molecule has 2 heterocycles. The summed E-state index contributed by atoms with van der Waals surface area (Å²) in [6.45, 7) is 0.408. The Hall–Kier alpha value is -3.29. The highest BCUT2D eigenvalue weighted by Crippen LogP contribution is 2.44. The first-order valence-electron chi connectivity index (χ1n) is 13.6. The molecule has 2 N–H and O–H groups in total. The number of carbonyl (C=O) groups is 2. The monoisotopic (exact) mass is 628 g/mol. The SMILES string of the molecule is O=C(/C=C/c1ccc(Sc2ccc(/C=C/C(=O)N3CCCC3CO)cc2C(F)(F)F)c(C(F)(F)F)c1)N1CCCC1CO. The summed E-state index contributed by atoms with van der Waals surface area (Å²) in [5.74, 6) is -0.911. The Bertz CT molecular complexity index is 1290. The standard InChI is InChI=1S/C30H30F6N2O4S/c31-29(32,33)23-15-19(7-11-27(41)37-13-1-3-21(37)17-39)5-9-25(23)43-26-10-6-20(16-24(26)30(34,35)36)8-12-28(42)38-14-2-4-22(38)18-40/h5-12,15-16,21-22,39-40H,1-4,13-14,17-18H2/b11-7+,12-8+. The number of hydrogen-bond acceptors (Lipinski definition) is 5. The van der Waals surface area contributed by atoms with Crippen molar-refractivity contribution >= 4 is 35.7 Å². The average molecular weight is 629 g/mol. The van der Waals surface area contributed by atoms with Crippen LogP contribution < -0.4 is 0 Å². The Labute approximate surface area is 248 Å². The van der Waals surface area contributed by atoms with E-state index in [0.717, 1.165) is 36.4 Å². The Kier molecular flexibility index (Phi) is 10.3. The average Bonchev–Trinajstić information content (AvgIpc) is 3.64. The van der Waals surface area contributed by atoms with Gasteiger partial charge in [-0.25, -0.2) is 0 Å². The first-order chi connectivity index (χ1) is 20.3. The van der Waals surface area contributed by atoms with Crippen molar-refractivity contribution < 1.29 is 46.1 Å². The van der Waals surface area contributed by atoms with Gasteiger partial charge >= 0.3 is 12.4 Å². The van der Waals surface area contributed by atoms with Crippen molar-refractivity contribution in [3.63, 3.8) is 0 Å². The van der Waals surface area contributed by atoms with Gasteiger partial charge in [0.05, 0.1) is 36.4 Å². The maximum atomic E-state index is 14.0. The molecule has 13 heteroatoms. The molecule has 0 aliphatic carbocycles. The molecule has 2 saturated heterocycles. The summed E-state index contributed by atoms with van der Waals surface area (Å²) in [5, 5.41) is 18.8. The molecule has 43 heavy (non-hydrogen) atoms. The van der Waals surface area contributed by atoms with Crippen LogP contribution in [0, 0.1) is 0 Å². The van der Waals surface area contributed by atoms with Gasteiger partial charge in [-0.3, -0.25) is 9.59 Å². The molecule has 0 bridgehead atoms. The largest absolute Gasteiger partial charge is 0.417 e. The minimum absolute atomic E-state index is 0.0346. The zero-order chi connectivity index (χ0) is 31.4. The molecular weight excluding hydrogens is 598 g/mol. The van der Waals surface area contributed by atoms with Crippen molar-refractivity contribution in [3.8, 4) is 0 Å². The molecule has 4 rings (SSSR count). The van der Waals surface area contributed by atoms with Crippen LogP contribution in [0.25, 0.3) is 12.2 Å². The zero-order valence-corrected chi connectivity index (χ0v) is 23.7. The third-order valence-corrected chi connectivity index (χ3v) is 8.57. The highest BCUT2D eigenvalue weighted by molar-refractivity contribution is 7.99. The van der Waals surface area contributed by atoms with Crippen LogP contribution in [0.2, 0.25) is 0 Å². The summed E-state index contributed by atoms with van der Waals surface area (Å²) in [6, 6.07) is 5.52. The van der Waals surface area contributed by atoms with E-state index in [9.17, 15) is 46.1 Å². The van der Waals surface area contributed by atoms with Crippen molar-refractivity contribution in [2.24, 2.45) is 0 Å². The van der Waals surface area contributed by atoms with Crippen LogP contribution in [-0.2, 0) is 21.9 Å². The number of nitrogens with zero attached hydrogens (tertiary/aromatic N) is 2. The summed E-state index contributed by atoms with van der Waals surface area (Å²) in [6.07, 6.45) is -2.50. The molecule has 2 aromatic rings. The number of alkyl halides is 6. The molecular formula is C30H30F6N2O4S. The van der Waals surface area contributed by atoms with Crippen molar-refractivity contribution in [2.45, 2.75) is 59.9 Å². The molecule has 6 nitrogen and oxygen atoms in total. The van der Waals surface area contributed by atoms with E-state index in [0.29, 0.717) is 50.5 Å². The summed E-state index contributed by atoms with van der Waals surface area (Å²) in [7, 11) is 0. The van der Waals surface area contributed by atoms with Gasteiger partial charge in [-0.05, 0) is 73.2 Å². The van der Waals surface area contributed by atoms with E-state index in [1.165, 1.54) is 34.1 Å². The van der Waals surface area contributed by atoms with E-state index in [2.05, 4.69) is 0 Å². The summed E-state index contributed by atoms with van der Waals surface area (Å²) in [5.41, 5.74) is -2.25. The quantitative estimate of drug-likeness (QED) is 0.283. The van der Waals surface area contributed by atoms with Crippen LogP contribution in [0.4, 0.5) is 26.3 Å². The van der Waals surface area contributed by atoms with E-state index in [4.69, 9.17) is 0 Å². The first kappa shape index (κ1) is 32.6. The second-order valence-electron chi connectivity index (χ2n) is 10.3. The minimum atomic E-state index is -4.89. The van der Waals surface area contributed by atoms with E-state index >= 15 is 0 Å². The number of benzene rings is 2. The van der Waals surface area contributed by atoms with E-state index in [-0.39, 0.29) is 36.4 Å². The Morgan fingerprint density at radius 3 is 1.49 bits per heavy atom. The van der Waals surface area contributed by atoms with E-state index < -0.39 is 45.1 Å². The highest BCUT2D eigenvalue weighted by atomic mass is 32.2. The number of hydrogen-bond donors (Lipinski definition) is 2. The van der Waals surface area contributed by atoms with Gasteiger partial charge in [-0.2, -0.15) is 26.3 Å². The fourth-order valence-electron chi connectivity index (χ4n) is 5.20. The summed E-state index contributed by atoms with van der Waals surface area (Å²) < 4.78 is 84.0. The Balaban J connectivity index is 1.58. The van der Waals surface area contributed by atoms with Crippen molar-refractivity contribution in [1.29, 1.82) is 0 Å². The normalized spacial score (nSPS) is 19.7. The number of aliphatic hydroxyl groups is 2. The Morgan fingerprint density at radius 2 is 1.14 bits per heavy atom. The molecule has 0 saturated carbocycles. The lowest BCUT2D eigenvalue weighted by Crippen LogP contribution is -2.36. The van der Waals surface area contributed by atoms with Crippen LogP contribution in [0.1, 0.15) is 47.9 Å². The second kappa shape index (κ2) is 13.6. The first-order valence-corrected chi connectivity index (χ1v) is 14.4. The lowest BCUT2D eigenvalue weighted by atomic mass is 10.1. The number of likely N-dealkylation sites (tertiary alicyclic amines) is 2. The van der Waals surface area contributed by atoms with Gasteiger partial charge in [-0.15, -0.1) is 0 Å². The van der Waals surface area contributed by atoms with Crippen LogP contribution in [0.15, 0.2) is 58.3 Å². The van der Waals surface area contributed by atoms with Crippen LogP contribution in [-0.4, -0.2) is 70.2 Å². The Morgan fingerprint density at radius 1 is 0.744 bits per heavy atom. The predicted molar refractivity (Wildman–Crippen MR) is 149 cm³/mol. The van der Waals surface area contributed by atoms with Crippen molar-refractivity contribution in [2.75, 3.05) is 26.3 Å². The number of rotatable bonds is 8. The van der Waals surface area contributed by atoms with Gasteiger partial charge in [0.2, 0.25) is 11.8 Å². The lowest BCUT2D eigenvalue weighted by molar-refractivity contribution is -0.140. The molecule has 2 fully saturated rings. The lowest BCUT2D eigenvalue weighted by Gasteiger charge is -2.21. The van der Waals surface area contributed by atoms with Gasteiger partial charge in [0, 0.05) is 35.0 Å². The fraction of sp³-hybridized carbons (Fsp3) is 0.400. The van der Waals surface area contributed by atoms with Gasteiger partial charge in [-0.1, -0.05) is 23.9 Å². The summed E-state index contributed by atoms with van der Waals surface area (Å²) in [4.78, 5) is 26.9. The molecule has 2 aliphatic rings. The molecule has 2 aromatic carbocycles. The second-order valence-corrected chi connectivity index (χ2v) is 11.4. The van der Waals surface area contributed by atoms with Gasteiger partial charge in [0.25, 0.3) is 0 Å². The number of amides is 2. The minimum Gasteiger partial charge on any atom is -0.394 e. The number of carbonyl (C=O) groups excluding carboxylic acids is 2. The molecule has 0 aromatic heterocycles. The third kappa shape index (κ3) is 8.01. The topological polar surface area (TPSA) is 81.1 Å². The van der Waals surface area contributed by atoms with Gasteiger partial charge < -0.3 is 20.0 Å². The highest BCUT2D eigenvalue weighted by Gasteiger charge is 2.37. The molecule has 232 valence electrons. The maximum absolute atomic E-state index is 14.0. The molecule has 2 atom stereocenters. The zero-order valence-electron chi connectivity index (χ0n) is 22.9.